The molecule has 6 nitrogen and oxygen atoms in total. The van der Waals surface area contributed by atoms with E-state index in [9.17, 15) is 13.6 Å². The zero-order chi connectivity index (χ0) is 21.0. The van der Waals surface area contributed by atoms with Crippen LogP contribution in [-0.4, -0.2) is 15.7 Å². The lowest BCUT2D eigenvalue weighted by Crippen LogP contribution is -2.15. The number of carbonyl (C=O) groups excluding carboxylic acids is 1. The molecule has 0 spiro atoms. The topological polar surface area (TPSA) is 79.9 Å². The van der Waals surface area contributed by atoms with Crippen molar-refractivity contribution in [2.45, 2.75) is 20.0 Å². The van der Waals surface area contributed by atoms with Gasteiger partial charge < -0.3 is 10.1 Å². The van der Waals surface area contributed by atoms with Crippen molar-refractivity contribution in [3.8, 4) is 11.8 Å². The lowest BCUT2D eigenvalue weighted by Gasteiger charge is -2.12. The van der Waals surface area contributed by atoms with Crippen LogP contribution in [-0.2, 0) is 13.7 Å². The first-order valence-electron chi connectivity index (χ1n) is 8.73. The molecule has 1 amide bonds. The molecular weight excluding hydrogens is 378 g/mol. The normalized spacial score (nSPS) is 10.6. The van der Waals surface area contributed by atoms with E-state index in [1.807, 2.05) is 6.07 Å². The number of aryl methyl sites for hydroxylation is 2. The van der Waals surface area contributed by atoms with Crippen molar-refractivity contribution >= 4 is 11.6 Å². The Balaban J connectivity index is 1.69. The van der Waals surface area contributed by atoms with Gasteiger partial charge >= 0.3 is 0 Å². The van der Waals surface area contributed by atoms with E-state index >= 15 is 0 Å². The highest BCUT2D eigenvalue weighted by Gasteiger charge is 2.23. The summed E-state index contributed by atoms with van der Waals surface area (Å²) < 4.78 is 33.0. The van der Waals surface area contributed by atoms with Crippen LogP contribution in [0.1, 0.15) is 39.2 Å². The summed E-state index contributed by atoms with van der Waals surface area (Å²) in [5, 5.41) is 15.3. The van der Waals surface area contributed by atoms with Gasteiger partial charge in [-0.2, -0.15) is 10.4 Å². The number of hydrogen-bond donors (Lipinski definition) is 1. The maximum absolute atomic E-state index is 13.2. The lowest BCUT2D eigenvalue weighted by molar-refractivity contribution is 0.100. The molecule has 0 aliphatic carbocycles. The largest absolute Gasteiger partial charge is 0.489 e. The fourth-order valence-electron chi connectivity index (χ4n) is 2.83. The van der Waals surface area contributed by atoms with E-state index < -0.39 is 18.0 Å². The molecule has 29 heavy (non-hydrogen) atoms. The van der Waals surface area contributed by atoms with Gasteiger partial charge in [-0.1, -0.05) is 12.1 Å². The molecular formula is C21H18F2N4O2. The maximum Gasteiger partial charge on any atom is 0.280 e. The molecule has 0 aliphatic rings. The minimum absolute atomic E-state index is 0.167. The molecule has 0 atom stereocenters. The minimum Gasteiger partial charge on any atom is -0.489 e. The predicted octanol–water partition coefficient (Wildman–Crippen LogP) is 4.37. The van der Waals surface area contributed by atoms with Crippen LogP contribution in [0.4, 0.5) is 14.5 Å². The highest BCUT2D eigenvalue weighted by Crippen LogP contribution is 2.26. The van der Waals surface area contributed by atoms with Gasteiger partial charge in [0.2, 0.25) is 0 Å². The third-order valence-corrected chi connectivity index (χ3v) is 4.34. The summed E-state index contributed by atoms with van der Waals surface area (Å²) in [5.41, 5.74) is 2.01. The van der Waals surface area contributed by atoms with Crippen LogP contribution in [0.15, 0.2) is 48.7 Å². The molecule has 3 aromatic rings. The van der Waals surface area contributed by atoms with E-state index in [1.165, 1.54) is 7.05 Å². The van der Waals surface area contributed by atoms with Gasteiger partial charge in [0.15, 0.2) is 0 Å². The highest BCUT2D eigenvalue weighted by atomic mass is 19.3. The van der Waals surface area contributed by atoms with Crippen molar-refractivity contribution < 1.29 is 18.3 Å². The second kappa shape index (κ2) is 8.52. The maximum atomic E-state index is 13.2. The zero-order valence-corrected chi connectivity index (χ0v) is 15.8. The molecule has 0 bridgehead atoms. The van der Waals surface area contributed by atoms with Gasteiger partial charge in [-0.05, 0) is 48.4 Å². The number of anilines is 1. The molecule has 2 aromatic carbocycles. The van der Waals surface area contributed by atoms with E-state index in [4.69, 9.17) is 10.00 Å². The van der Waals surface area contributed by atoms with Crippen LogP contribution in [0.2, 0.25) is 0 Å². The third-order valence-electron chi connectivity index (χ3n) is 4.34. The van der Waals surface area contributed by atoms with Crippen LogP contribution >= 0.6 is 0 Å². The van der Waals surface area contributed by atoms with Crippen molar-refractivity contribution in [1.82, 2.24) is 9.78 Å². The number of nitriles is 1. The first-order chi connectivity index (χ1) is 13.9. The molecule has 0 radical (unpaired) electrons. The van der Waals surface area contributed by atoms with Crippen molar-refractivity contribution in [2.75, 3.05) is 5.32 Å². The summed E-state index contributed by atoms with van der Waals surface area (Å²) in [7, 11) is 1.36. The van der Waals surface area contributed by atoms with E-state index in [0.717, 1.165) is 16.4 Å². The number of carbonyl (C=O) groups is 1. The molecule has 1 heterocycles. The summed E-state index contributed by atoms with van der Waals surface area (Å²) in [6, 6.07) is 14.2. The van der Waals surface area contributed by atoms with Gasteiger partial charge in [-0.3, -0.25) is 9.48 Å². The van der Waals surface area contributed by atoms with Crippen molar-refractivity contribution in [2.24, 2.45) is 7.05 Å². The number of benzene rings is 2. The summed E-state index contributed by atoms with van der Waals surface area (Å²) in [6.45, 7) is 2.06. The molecule has 148 valence electrons. The van der Waals surface area contributed by atoms with Crippen LogP contribution < -0.4 is 10.1 Å². The second-order valence-electron chi connectivity index (χ2n) is 6.40. The van der Waals surface area contributed by atoms with Gasteiger partial charge in [0.1, 0.15) is 18.1 Å². The SMILES string of the molecule is Cc1cc(OCc2cccc(C#N)c2)ccc1NC(=O)c1cnn(C)c1C(F)F. The van der Waals surface area contributed by atoms with Crippen LogP contribution in [0, 0.1) is 18.3 Å². The van der Waals surface area contributed by atoms with Crippen molar-refractivity contribution in [3.63, 3.8) is 0 Å². The third kappa shape index (κ3) is 4.58. The number of ether oxygens (including phenoxy) is 1. The average molecular weight is 396 g/mol. The van der Waals surface area contributed by atoms with Gasteiger partial charge in [-0.25, -0.2) is 8.78 Å². The zero-order valence-electron chi connectivity index (χ0n) is 15.8. The van der Waals surface area contributed by atoms with Crippen LogP contribution in [0.25, 0.3) is 0 Å². The Hall–Kier alpha value is -3.73. The number of aromatic nitrogens is 2. The summed E-state index contributed by atoms with van der Waals surface area (Å²) in [5.74, 6) is -0.0732. The molecule has 3 rings (SSSR count). The monoisotopic (exact) mass is 396 g/mol. The van der Waals surface area contributed by atoms with Gasteiger partial charge in [0, 0.05) is 12.7 Å². The lowest BCUT2D eigenvalue weighted by atomic mass is 10.1. The Morgan fingerprint density at radius 2 is 2.10 bits per heavy atom. The van der Waals surface area contributed by atoms with E-state index in [1.54, 1.807) is 43.3 Å². The highest BCUT2D eigenvalue weighted by molar-refractivity contribution is 6.05. The van der Waals surface area contributed by atoms with Crippen LogP contribution in [0.5, 0.6) is 5.75 Å². The number of amides is 1. The van der Waals surface area contributed by atoms with Gasteiger partial charge in [0.25, 0.3) is 12.3 Å². The second-order valence-corrected chi connectivity index (χ2v) is 6.40. The summed E-state index contributed by atoms with van der Waals surface area (Å²) >= 11 is 0. The minimum atomic E-state index is -2.81. The summed E-state index contributed by atoms with van der Waals surface area (Å²) in [4.78, 5) is 12.4. The van der Waals surface area contributed by atoms with E-state index in [0.29, 0.717) is 22.6 Å². The number of nitrogens with one attached hydrogen (secondary N) is 1. The summed E-state index contributed by atoms with van der Waals surface area (Å²) in [6.07, 6.45) is -1.68. The molecule has 0 fully saturated rings. The Morgan fingerprint density at radius 1 is 1.31 bits per heavy atom. The van der Waals surface area contributed by atoms with Crippen molar-refractivity contribution in [3.05, 3.63) is 76.6 Å². The van der Waals surface area contributed by atoms with E-state index in [2.05, 4.69) is 16.5 Å². The smallest absolute Gasteiger partial charge is 0.280 e. The number of hydrogen-bond acceptors (Lipinski definition) is 4. The molecule has 8 heteroatoms. The fraction of sp³-hybridized carbons (Fsp3) is 0.190. The number of alkyl halides is 2. The van der Waals surface area contributed by atoms with E-state index in [-0.39, 0.29) is 12.2 Å². The molecule has 1 aromatic heterocycles. The molecule has 0 saturated heterocycles. The molecule has 0 unspecified atom stereocenters. The average Bonchev–Trinajstić information content (AvgIpc) is 3.10. The fourth-order valence-corrected chi connectivity index (χ4v) is 2.83. The quantitative estimate of drug-likeness (QED) is 0.671. The predicted molar refractivity (Wildman–Crippen MR) is 103 cm³/mol. The number of nitrogens with zero attached hydrogens (tertiary/aromatic N) is 3. The van der Waals surface area contributed by atoms with Gasteiger partial charge in [-0.15, -0.1) is 0 Å². The Morgan fingerprint density at radius 3 is 2.79 bits per heavy atom. The number of rotatable bonds is 6. The Labute approximate surface area is 166 Å². The molecule has 0 saturated carbocycles. The first-order valence-corrected chi connectivity index (χ1v) is 8.73. The number of halogens is 2. The Kier molecular flexibility index (Phi) is 5.88. The standard InChI is InChI=1S/C21H18F2N4O2/c1-13-8-16(29-12-15-5-3-4-14(9-15)10-24)6-7-18(13)26-21(28)17-11-25-27(2)19(17)20(22)23/h3-9,11,20H,12H2,1-2H3,(H,26,28). The first kappa shape index (κ1) is 20.0. The van der Waals surface area contributed by atoms with Crippen molar-refractivity contribution in [1.29, 1.82) is 5.26 Å². The molecule has 1 N–H and O–H groups in total. The molecule has 0 aliphatic heterocycles. The Bertz CT molecular complexity index is 1090. The van der Waals surface area contributed by atoms with Crippen LogP contribution in [0.3, 0.4) is 0 Å². The van der Waals surface area contributed by atoms with Gasteiger partial charge in [0.05, 0.1) is 23.4 Å².